The average Bonchev–Trinajstić information content (AvgIpc) is 2.75. The first-order valence-electron chi connectivity index (χ1n) is 10.3. The van der Waals surface area contributed by atoms with Gasteiger partial charge in [-0.2, -0.15) is 5.26 Å². The molecule has 1 aliphatic heterocycles. The van der Waals surface area contributed by atoms with E-state index in [1.165, 1.54) is 11.1 Å². The summed E-state index contributed by atoms with van der Waals surface area (Å²) in [6, 6.07) is 16.1. The molecule has 0 fully saturated rings. The first kappa shape index (κ1) is 20.1. The summed E-state index contributed by atoms with van der Waals surface area (Å²) in [6.45, 7) is 8.06. The third-order valence-electron chi connectivity index (χ3n) is 5.60. The van der Waals surface area contributed by atoms with E-state index in [-0.39, 0.29) is 5.91 Å². The van der Waals surface area contributed by atoms with Gasteiger partial charge in [-0.3, -0.25) is 9.69 Å². The Kier molecular flexibility index (Phi) is 6.84. The fourth-order valence-corrected chi connectivity index (χ4v) is 3.93. The molecular weight excluding hydrogens is 346 g/mol. The smallest absolute Gasteiger partial charge is 0.227 e. The summed E-state index contributed by atoms with van der Waals surface area (Å²) in [5, 5.41) is 8.92. The first-order valence-corrected chi connectivity index (χ1v) is 10.3. The number of amides is 1. The Labute approximate surface area is 168 Å². The van der Waals surface area contributed by atoms with Gasteiger partial charge in [0.25, 0.3) is 0 Å². The van der Waals surface area contributed by atoms with Gasteiger partial charge in [0.2, 0.25) is 5.91 Å². The first-order chi connectivity index (χ1) is 13.7. The molecule has 0 radical (unpaired) electrons. The molecule has 146 valence electrons. The third kappa shape index (κ3) is 4.61. The van der Waals surface area contributed by atoms with E-state index in [0.29, 0.717) is 18.4 Å². The Balaban J connectivity index is 1.76. The second kappa shape index (κ2) is 9.52. The lowest BCUT2D eigenvalue weighted by atomic mass is 9.96. The van der Waals surface area contributed by atoms with Crippen molar-refractivity contribution in [2.24, 2.45) is 0 Å². The highest BCUT2D eigenvalue weighted by Gasteiger charge is 2.25. The molecule has 0 N–H and O–H groups in total. The molecular formula is C24H29N3O. The number of rotatable bonds is 7. The van der Waals surface area contributed by atoms with E-state index in [2.05, 4.69) is 43.0 Å². The normalized spacial score (nSPS) is 13.3. The van der Waals surface area contributed by atoms with Crippen molar-refractivity contribution in [3.8, 4) is 6.07 Å². The minimum atomic E-state index is 0.192. The summed E-state index contributed by atoms with van der Waals surface area (Å²) in [5.74, 6) is 0.192. The van der Waals surface area contributed by atoms with Gasteiger partial charge in [-0.05, 0) is 61.2 Å². The van der Waals surface area contributed by atoms with Gasteiger partial charge in [-0.1, -0.05) is 44.2 Å². The van der Waals surface area contributed by atoms with Gasteiger partial charge in [-0.25, -0.2) is 0 Å². The van der Waals surface area contributed by atoms with Gasteiger partial charge < -0.3 is 4.90 Å². The largest absolute Gasteiger partial charge is 0.312 e. The van der Waals surface area contributed by atoms with Crippen molar-refractivity contribution in [1.82, 2.24) is 4.90 Å². The molecule has 0 unspecified atom stereocenters. The number of nitrogens with zero attached hydrogens (tertiary/aromatic N) is 3. The number of hydrogen-bond donors (Lipinski definition) is 0. The number of benzene rings is 2. The minimum absolute atomic E-state index is 0.192. The predicted octanol–water partition coefficient (Wildman–Crippen LogP) is 4.31. The molecule has 28 heavy (non-hydrogen) atoms. The summed E-state index contributed by atoms with van der Waals surface area (Å²) >= 11 is 0. The van der Waals surface area contributed by atoms with Crippen molar-refractivity contribution < 1.29 is 4.79 Å². The standard InChI is InChI=1S/C24H29N3O/c1-3-26(4-2)18-22-8-5-7-21-9-6-16-27(24(21)22)23(28)15-14-19-10-12-20(17-25)13-11-19/h5,7-8,10-13H,3-4,6,9,14-16,18H2,1-2H3. The lowest BCUT2D eigenvalue weighted by Gasteiger charge is -2.33. The monoisotopic (exact) mass is 375 g/mol. The van der Waals surface area contributed by atoms with Gasteiger partial charge in [0, 0.05) is 19.5 Å². The molecule has 0 aromatic heterocycles. The second-order valence-electron chi connectivity index (χ2n) is 7.34. The SMILES string of the molecule is CCN(CC)Cc1cccc2c1N(C(=O)CCc1ccc(C#N)cc1)CCC2. The van der Waals surface area contributed by atoms with Crippen LogP contribution in [-0.2, 0) is 24.2 Å². The molecule has 4 heteroatoms. The molecule has 1 heterocycles. The zero-order valence-corrected chi connectivity index (χ0v) is 16.9. The number of aryl methyl sites for hydroxylation is 2. The Hall–Kier alpha value is -2.64. The summed E-state index contributed by atoms with van der Waals surface area (Å²) in [5.41, 5.74) is 5.45. The van der Waals surface area contributed by atoms with Crippen LogP contribution in [0.15, 0.2) is 42.5 Å². The molecule has 4 nitrogen and oxygen atoms in total. The zero-order valence-electron chi connectivity index (χ0n) is 16.9. The van der Waals surface area contributed by atoms with Crippen LogP contribution in [0, 0.1) is 11.3 Å². The molecule has 0 spiro atoms. The van der Waals surface area contributed by atoms with Crippen LogP contribution in [0.4, 0.5) is 5.69 Å². The lowest BCUT2D eigenvalue weighted by molar-refractivity contribution is -0.118. The molecule has 1 aliphatic rings. The summed E-state index contributed by atoms with van der Waals surface area (Å²) < 4.78 is 0. The van der Waals surface area contributed by atoms with E-state index in [0.717, 1.165) is 50.3 Å². The van der Waals surface area contributed by atoms with Gasteiger partial charge in [0.15, 0.2) is 0 Å². The quantitative estimate of drug-likeness (QED) is 0.724. The van der Waals surface area contributed by atoms with E-state index < -0.39 is 0 Å². The maximum absolute atomic E-state index is 13.1. The molecule has 2 aromatic rings. The van der Waals surface area contributed by atoms with E-state index in [4.69, 9.17) is 5.26 Å². The topological polar surface area (TPSA) is 47.3 Å². The third-order valence-corrected chi connectivity index (χ3v) is 5.60. The van der Waals surface area contributed by atoms with Crippen LogP contribution in [0.3, 0.4) is 0 Å². The number of carbonyl (C=O) groups excluding carboxylic acids is 1. The number of fused-ring (bicyclic) bond motifs is 1. The molecule has 1 amide bonds. The fraction of sp³-hybridized carbons (Fsp3) is 0.417. The minimum Gasteiger partial charge on any atom is -0.312 e. The number of hydrogen-bond acceptors (Lipinski definition) is 3. The highest BCUT2D eigenvalue weighted by molar-refractivity contribution is 5.95. The van der Waals surface area contributed by atoms with Crippen LogP contribution in [0.5, 0.6) is 0 Å². The van der Waals surface area contributed by atoms with Crippen molar-refractivity contribution in [3.63, 3.8) is 0 Å². The van der Waals surface area contributed by atoms with Crippen LogP contribution >= 0.6 is 0 Å². The zero-order chi connectivity index (χ0) is 19.9. The summed E-state index contributed by atoms with van der Waals surface area (Å²) in [6.07, 6.45) is 3.25. The number of para-hydroxylation sites is 1. The highest BCUT2D eigenvalue weighted by atomic mass is 16.2. The van der Waals surface area contributed by atoms with E-state index >= 15 is 0 Å². The van der Waals surface area contributed by atoms with Crippen LogP contribution in [0.2, 0.25) is 0 Å². The second-order valence-corrected chi connectivity index (χ2v) is 7.34. The van der Waals surface area contributed by atoms with Crippen LogP contribution in [0.25, 0.3) is 0 Å². The Bertz CT molecular complexity index is 847. The van der Waals surface area contributed by atoms with Crippen molar-refractivity contribution in [2.75, 3.05) is 24.5 Å². The Morgan fingerprint density at radius 3 is 2.57 bits per heavy atom. The molecule has 2 aromatic carbocycles. The van der Waals surface area contributed by atoms with E-state index in [1.54, 1.807) is 0 Å². The molecule has 0 saturated carbocycles. The average molecular weight is 376 g/mol. The number of carbonyl (C=O) groups is 1. The number of anilines is 1. The van der Waals surface area contributed by atoms with Crippen LogP contribution in [0.1, 0.15) is 48.9 Å². The summed E-state index contributed by atoms with van der Waals surface area (Å²) in [7, 11) is 0. The van der Waals surface area contributed by atoms with Crippen LogP contribution in [-0.4, -0.2) is 30.4 Å². The lowest BCUT2D eigenvalue weighted by Crippen LogP contribution is -2.37. The maximum Gasteiger partial charge on any atom is 0.227 e. The molecule has 0 aliphatic carbocycles. The summed E-state index contributed by atoms with van der Waals surface area (Å²) in [4.78, 5) is 17.5. The van der Waals surface area contributed by atoms with Crippen LogP contribution < -0.4 is 4.90 Å². The Morgan fingerprint density at radius 2 is 1.89 bits per heavy atom. The van der Waals surface area contributed by atoms with Gasteiger partial charge in [0.1, 0.15) is 0 Å². The predicted molar refractivity (Wildman–Crippen MR) is 113 cm³/mol. The molecule has 0 bridgehead atoms. The molecule has 0 atom stereocenters. The van der Waals surface area contributed by atoms with Crippen molar-refractivity contribution in [2.45, 2.75) is 46.1 Å². The van der Waals surface area contributed by atoms with Gasteiger partial charge >= 0.3 is 0 Å². The Morgan fingerprint density at radius 1 is 1.14 bits per heavy atom. The van der Waals surface area contributed by atoms with E-state index in [9.17, 15) is 4.79 Å². The van der Waals surface area contributed by atoms with Gasteiger partial charge in [-0.15, -0.1) is 0 Å². The highest BCUT2D eigenvalue weighted by Crippen LogP contribution is 2.32. The maximum atomic E-state index is 13.1. The molecule has 3 rings (SSSR count). The van der Waals surface area contributed by atoms with Crippen molar-refractivity contribution in [1.29, 1.82) is 5.26 Å². The van der Waals surface area contributed by atoms with E-state index in [1.807, 2.05) is 29.2 Å². The van der Waals surface area contributed by atoms with Crippen molar-refractivity contribution in [3.05, 3.63) is 64.7 Å². The number of nitriles is 1. The fourth-order valence-electron chi connectivity index (χ4n) is 3.93. The van der Waals surface area contributed by atoms with Crippen molar-refractivity contribution >= 4 is 11.6 Å². The van der Waals surface area contributed by atoms with Gasteiger partial charge in [0.05, 0.1) is 17.3 Å². The molecule has 0 saturated heterocycles.